The average Bonchev–Trinajstić information content (AvgIpc) is 3.80. The second kappa shape index (κ2) is 14.6. The largest absolute Gasteiger partial charge is 0.344 e. The van der Waals surface area contributed by atoms with Crippen LogP contribution in [0.25, 0.3) is 10.9 Å². The topological polar surface area (TPSA) is 85.5 Å². The van der Waals surface area contributed by atoms with Gasteiger partial charge in [-0.15, -0.1) is 0 Å². The second-order valence-corrected chi connectivity index (χ2v) is 12.8. The molecule has 1 saturated carbocycles. The zero-order valence-electron chi connectivity index (χ0n) is 27.7. The molecule has 2 unspecified atom stereocenters. The van der Waals surface area contributed by atoms with Gasteiger partial charge in [-0.05, 0) is 116 Å². The van der Waals surface area contributed by atoms with E-state index in [1.807, 2.05) is 42.6 Å². The van der Waals surface area contributed by atoms with Crippen molar-refractivity contribution in [1.29, 1.82) is 0 Å². The van der Waals surface area contributed by atoms with E-state index in [0.29, 0.717) is 23.5 Å². The molecule has 2 aromatic carbocycles. The highest BCUT2D eigenvalue weighted by atomic mass is 19.1. The number of hydrogen-bond donors (Lipinski definition) is 1. The summed E-state index contributed by atoms with van der Waals surface area (Å²) in [6.45, 7) is 12.2. The average molecular weight is 604 g/mol. The predicted molar refractivity (Wildman–Crippen MR) is 182 cm³/mol. The number of aliphatic imine (C=N–C) groups is 1. The molecule has 6 nitrogen and oxygen atoms in total. The number of aromatic nitrogens is 2. The van der Waals surface area contributed by atoms with E-state index in [9.17, 15) is 4.79 Å². The Labute approximate surface area is 264 Å². The van der Waals surface area contributed by atoms with Crippen LogP contribution in [0.5, 0.6) is 0 Å². The smallest absolute Gasteiger partial charge is 0.272 e. The van der Waals surface area contributed by atoms with E-state index < -0.39 is 0 Å². The Morgan fingerprint density at radius 1 is 1.14 bits per heavy atom. The standard InChI is InChI=1S/C35H43FN4O.C2H6.H3N.H2/c1-5-22(2)28-7-6-16-40(21-28)35(41)34-23(3)26(10-8-24-9-15-32-29(17-24)20-39(4)38-32)19-33(37-34)27-13-14-30(25-11-12-25)31(36)18-27;1-2;;/h9,13-15,17-18,20,22,25-26,28H,5-8,10-12,16,19,21H2,1-4H3;1-2H3;1H3;1H/t22?,26?,28-;;;/m0.../s1. The van der Waals surface area contributed by atoms with Gasteiger partial charge in [-0.25, -0.2) is 9.38 Å². The minimum absolute atomic E-state index is 0. The molecule has 3 aliphatic rings. The van der Waals surface area contributed by atoms with Crippen LogP contribution in [-0.2, 0) is 18.3 Å². The molecule has 240 valence electrons. The molecule has 3 aromatic rings. The third-order valence-electron chi connectivity index (χ3n) is 9.88. The van der Waals surface area contributed by atoms with Crippen LogP contribution in [0.2, 0.25) is 0 Å². The normalized spacial score (nSPS) is 20.9. The number of amides is 1. The Balaban J connectivity index is 0.00000135. The Morgan fingerprint density at radius 3 is 2.61 bits per heavy atom. The maximum atomic E-state index is 15.1. The summed E-state index contributed by atoms with van der Waals surface area (Å²) in [6.07, 6.45) is 10.1. The molecule has 2 aliphatic heterocycles. The molecular formula is C37H54FN5O. The van der Waals surface area contributed by atoms with Crippen molar-refractivity contribution < 1.29 is 10.6 Å². The van der Waals surface area contributed by atoms with E-state index in [0.717, 1.165) is 91.3 Å². The van der Waals surface area contributed by atoms with E-state index in [2.05, 4.69) is 50.3 Å². The maximum Gasteiger partial charge on any atom is 0.272 e. The summed E-state index contributed by atoms with van der Waals surface area (Å²) >= 11 is 0. The van der Waals surface area contributed by atoms with Crippen molar-refractivity contribution in [1.82, 2.24) is 20.8 Å². The number of rotatable bonds is 8. The minimum atomic E-state index is -0.138. The lowest BCUT2D eigenvalue weighted by Crippen LogP contribution is -2.43. The first-order valence-electron chi connectivity index (χ1n) is 16.6. The monoisotopic (exact) mass is 603 g/mol. The number of halogens is 1. The quantitative estimate of drug-likeness (QED) is 0.279. The number of carbonyl (C=O) groups excluding carboxylic acids is 1. The number of benzene rings is 2. The van der Waals surface area contributed by atoms with Gasteiger partial charge in [-0.2, -0.15) is 5.10 Å². The molecule has 0 radical (unpaired) electrons. The maximum absolute atomic E-state index is 15.1. The van der Waals surface area contributed by atoms with Crippen LogP contribution in [0.1, 0.15) is 104 Å². The summed E-state index contributed by atoms with van der Waals surface area (Å²) in [5.41, 5.74) is 6.38. The zero-order valence-corrected chi connectivity index (χ0v) is 27.7. The van der Waals surface area contributed by atoms with Gasteiger partial charge in [0.1, 0.15) is 11.5 Å². The van der Waals surface area contributed by atoms with Gasteiger partial charge in [-0.1, -0.05) is 52.3 Å². The summed E-state index contributed by atoms with van der Waals surface area (Å²) in [4.78, 5) is 21.1. The van der Waals surface area contributed by atoms with Crippen molar-refractivity contribution >= 4 is 22.5 Å². The molecule has 7 heteroatoms. The molecular weight excluding hydrogens is 549 g/mol. The van der Waals surface area contributed by atoms with Crippen LogP contribution in [0, 0.1) is 23.6 Å². The van der Waals surface area contributed by atoms with Crippen LogP contribution in [0.3, 0.4) is 0 Å². The zero-order chi connectivity index (χ0) is 30.7. The number of fused-ring (bicyclic) bond motifs is 1. The van der Waals surface area contributed by atoms with Crippen LogP contribution in [0.15, 0.2) is 58.9 Å². The number of aryl methyl sites for hydroxylation is 2. The highest BCUT2D eigenvalue weighted by Gasteiger charge is 2.33. The molecule has 1 amide bonds. The summed E-state index contributed by atoms with van der Waals surface area (Å²) in [7, 11) is 1.95. The van der Waals surface area contributed by atoms with E-state index in [-0.39, 0.29) is 25.2 Å². The first-order valence-corrected chi connectivity index (χ1v) is 16.6. The summed E-state index contributed by atoms with van der Waals surface area (Å²) in [6, 6.07) is 12.1. The van der Waals surface area contributed by atoms with Crippen LogP contribution >= 0.6 is 0 Å². The van der Waals surface area contributed by atoms with Gasteiger partial charge in [0.25, 0.3) is 5.91 Å². The Kier molecular flexibility index (Phi) is 11.2. The van der Waals surface area contributed by atoms with Crippen molar-refractivity contribution in [3.8, 4) is 0 Å². The van der Waals surface area contributed by atoms with E-state index >= 15 is 4.39 Å². The molecule has 3 N–H and O–H groups in total. The minimum Gasteiger partial charge on any atom is -0.344 e. The van der Waals surface area contributed by atoms with Crippen molar-refractivity contribution in [3.05, 3.63) is 76.4 Å². The van der Waals surface area contributed by atoms with Crippen molar-refractivity contribution in [3.63, 3.8) is 0 Å². The molecule has 0 bridgehead atoms. The molecule has 44 heavy (non-hydrogen) atoms. The van der Waals surface area contributed by atoms with E-state index in [1.165, 1.54) is 12.0 Å². The first-order chi connectivity index (χ1) is 20.8. The molecule has 3 heterocycles. The molecule has 0 spiro atoms. The lowest BCUT2D eigenvalue weighted by molar-refractivity contribution is -0.129. The van der Waals surface area contributed by atoms with Gasteiger partial charge in [0.05, 0.1) is 5.52 Å². The molecule has 1 aromatic heterocycles. The molecule has 1 aliphatic carbocycles. The molecule has 6 rings (SSSR count). The fourth-order valence-electron chi connectivity index (χ4n) is 6.84. The Hall–Kier alpha value is -3.32. The second-order valence-electron chi connectivity index (χ2n) is 12.8. The fraction of sp³-hybridized carbons (Fsp3) is 0.541. The third-order valence-corrected chi connectivity index (χ3v) is 9.88. The summed E-state index contributed by atoms with van der Waals surface area (Å²) in [5, 5.41) is 5.65. The summed E-state index contributed by atoms with van der Waals surface area (Å²) in [5.74, 6) is 1.58. The fourth-order valence-corrected chi connectivity index (χ4v) is 6.84. The molecule has 1 saturated heterocycles. The Morgan fingerprint density at radius 2 is 1.91 bits per heavy atom. The van der Waals surface area contributed by atoms with E-state index in [1.54, 1.807) is 6.07 Å². The summed E-state index contributed by atoms with van der Waals surface area (Å²) < 4.78 is 17.0. The highest BCUT2D eigenvalue weighted by Crippen LogP contribution is 2.42. The number of carbonyl (C=O) groups is 1. The Bertz CT molecular complexity index is 1520. The van der Waals surface area contributed by atoms with E-state index in [4.69, 9.17) is 4.99 Å². The van der Waals surface area contributed by atoms with Gasteiger partial charge in [0.15, 0.2) is 0 Å². The van der Waals surface area contributed by atoms with Crippen molar-refractivity contribution in [2.75, 3.05) is 13.1 Å². The van der Waals surface area contributed by atoms with Crippen LogP contribution in [0.4, 0.5) is 4.39 Å². The molecule has 2 fully saturated rings. The van der Waals surface area contributed by atoms with Crippen LogP contribution < -0.4 is 6.15 Å². The highest BCUT2D eigenvalue weighted by molar-refractivity contribution is 6.06. The van der Waals surface area contributed by atoms with Gasteiger partial charge in [-0.3, -0.25) is 9.48 Å². The van der Waals surface area contributed by atoms with Gasteiger partial charge in [0, 0.05) is 38.9 Å². The number of likely N-dealkylation sites (tertiary alicyclic amines) is 1. The lowest BCUT2D eigenvalue weighted by atomic mass is 9.82. The van der Waals surface area contributed by atoms with Crippen molar-refractivity contribution in [2.45, 2.75) is 91.9 Å². The van der Waals surface area contributed by atoms with Gasteiger partial charge in [0.2, 0.25) is 0 Å². The number of hydrogen-bond acceptors (Lipinski definition) is 4. The number of allylic oxidation sites excluding steroid dienone is 1. The molecule has 3 atom stereocenters. The van der Waals surface area contributed by atoms with Crippen LogP contribution in [-0.4, -0.2) is 39.4 Å². The predicted octanol–water partition coefficient (Wildman–Crippen LogP) is 9.02. The first kappa shape index (κ1) is 33.6. The van der Waals surface area contributed by atoms with Gasteiger partial charge < -0.3 is 11.1 Å². The lowest BCUT2D eigenvalue weighted by Gasteiger charge is -2.36. The van der Waals surface area contributed by atoms with Crippen molar-refractivity contribution in [2.24, 2.45) is 29.8 Å². The van der Waals surface area contributed by atoms with Gasteiger partial charge >= 0.3 is 0 Å². The number of nitrogens with zero attached hydrogens (tertiary/aromatic N) is 4. The third kappa shape index (κ3) is 7.31. The SMILES string of the molecule is CC.CCC(C)[C@H]1CCCN(C(=O)C2=C(C)C(CCc3ccc4nn(C)cc4c3)CC(c3ccc(C4CC4)c(F)c3)=N2)C1.N.[HH]. The number of piperidine rings is 1.